The van der Waals surface area contributed by atoms with Crippen LogP contribution in [0.2, 0.25) is 0 Å². The number of hydrogen-bond acceptors (Lipinski definition) is 3. The fraction of sp³-hybridized carbons (Fsp3) is 1.00. The van der Waals surface area contributed by atoms with Crippen molar-refractivity contribution in [3.8, 4) is 0 Å². The Morgan fingerprint density at radius 2 is 0.929 bits per heavy atom. The Morgan fingerprint density at radius 1 is 0.643 bits per heavy atom. The van der Waals surface area contributed by atoms with Gasteiger partial charge in [-0.1, -0.05) is 0 Å². The first kappa shape index (κ1) is 17.0. The van der Waals surface area contributed by atoms with Crippen LogP contribution in [0.5, 0.6) is 0 Å². The van der Waals surface area contributed by atoms with Gasteiger partial charge in [0.1, 0.15) is 0 Å². The van der Waals surface area contributed by atoms with Crippen LogP contribution in [0.15, 0.2) is 0 Å². The standard InChI is InChI=1S/C9H21O3P.ClH/c10-4-1-7-13(8-2-5-11)9-3-6-12;/h10-12H,1-9H2;1H. The molecule has 5 heteroatoms. The van der Waals surface area contributed by atoms with Gasteiger partial charge in [0, 0.05) is 19.8 Å². The van der Waals surface area contributed by atoms with Crippen LogP contribution in [0.3, 0.4) is 0 Å². The highest BCUT2D eigenvalue weighted by atomic mass is 35.5. The lowest BCUT2D eigenvalue weighted by atomic mass is 10.5. The van der Waals surface area contributed by atoms with Crippen LogP contribution in [0.25, 0.3) is 0 Å². The van der Waals surface area contributed by atoms with Crippen LogP contribution >= 0.6 is 20.3 Å². The fourth-order valence-electron chi connectivity index (χ4n) is 1.22. The van der Waals surface area contributed by atoms with Crippen LogP contribution in [-0.4, -0.2) is 53.6 Å². The Labute approximate surface area is 93.7 Å². The second-order valence-corrected chi connectivity index (χ2v) is 5.76. The van der Waals surface area contributed by atoms with Crippen molar-refractivity contribution in [2.75, 3.05) is 38.3 Å². The third-order valence-corrected chi connectivity index (χ3v) is 4.74. The van der Waals surface area contributed by atoms with Crippen molar-refractivity contribution in [2.24, 2.45) is 0 Å². The van der Waals surface area contributed by atoms with E-state index in [1.165, 1.54) is 0 Å². The molecule has 0 aromatic heterocycles. The van der Waals surface area contributed by atoms with Gasteiger partial charge < -0.3 is 15.3 Å². The summed E-state index contributed by atoms with van der Waals surface area (Å²) < 4.78 is 0. The minimum Gasteiger partial charge on any atom is -0.396 e. The summed E-state index contributed by atoms with van der Waals surface area (Å²) in [6.45, 7) is 0.783. The molecule has 0 bridgehead atoms. The molecule has 0 radical (unpaired) electrons. The van der Waals surface area contributed by atoms with Gasteiger partial charge in [0.15, 0.2) is 0 Å². The highest BCUT2D eigenvalue weighted by Crippen LogP contribution is 2.37. The fourth-order valence-corrected chi connectivity index (χ4v) is 3.66. The summed E-state index contributed by atoms with van der Waals surface area (Å²) in [5.74, 6) is 0. The first-order valence-electron chi connectivity index (χ1n) is 4.90. The molecule has 0 saturated carbocycles. The summed E-state index contributed by atoms with van der Waals surface area (Å²) in [5.41, 5.74) is 0. The average Bonchev–Trinajstić information content (AvgIpc) is 2.17. The molecule has 0 aromatic carbocycles. The smallest absolute Gasteiger partial charge is 0.0434 e. The van der Waals surface area contributed by atoms with Crippen molar-refractivity contribution in [1.29, 1.82) is 0 Å². The van der Waals surface area contributed by atoms with Crippen molar-refractivity contribution in [3.63, 3.8) is 0 Å². The Balaban J connectivity index is 0. The second-order valence-electron chi connectivity index (χ2n) is 3.07. The summed E-state index contributed by atoms with van der Waals surface area (Å²) >= 11 is 0. The number of aliphatic hydroxyl groups excluding tert-OH is 3. The molecular weight excluding hydrogens is 223 g/mol. The van der Waals surface area contributed by atoms with Crippen molar-refractivity contribution in [2.45, 2.75) is 19.3 Å². The van der Waals surface area contributed by atoms with Gasteiger partial charge in [-0.3, -0.25) is 0 Å². The van der Waals surface area contributed by atoms with Gasteiger partial charge in [-0.2, -0.15) is 0 Å². The molecule has 14 heavy (non-hydrogen) atoms. The van der Waals surface area contributed by atoms with Gasteiger partial charge in [0.25, 0.3) is 0 Å². The summed E-state index contributed by atoms with van der Waals surface area (Å²) in [5, 5.41) is 26.0. The average molecular weight is 245 g/mol. The molecule has 0 fully saturated rings. The van der Waals surface area contributed by atoms with Crippen LogP contribution in [0.1, 0.15) is 19.3 Å². The van der Waals surface area contributed by atoms with E-state index in [2.05, 4.69) is 0 Å². The van der Waals surface area contributed by atoms with Gasteiger partial charge in [-0.25, -0.2) is 0 Å². The molecule has 0 amide bonds. The van der Waals surface area contributed by atoms with Gasteiger partial charge in [0.2, 0.25) is 0 Å². The summed E-state index contributed by atoms with van der Waals surface area (Å²) in [7, 11) is -0.0583. The molecule has 0 spiro atoms. The van der Waals surface area contributed by atoms with E-state index in [4.69, 9.17) is 15.3 Å². The maximum absolute atomic E-state index is 8.68. The third-order valence-electron chi connectivity index (χ3n) is 1.90. The molecule has 0 rings (SSSR count). The van der Waals surface area contributed by atoms with E-state index in [0.29, 0.717) is 0 Å². The van der Waals surface area contributed by atoms with Gasteiger partial charge in [-0.15, -0.1) is 20.3 Å². The van der Waals surface area contributed by atoms with E-state index in [1.54, 1.807) is 0 Å². The van der Waals surface area contributed by atoms with Crippen LogP contribution in [0, 0.1) is 0 Å². The first-order valence-corrected chi connectivity index (χ1v) is 6.79. The monoisotopic (exact) mass is 244 g/mol. The van der Waals surface area contributed by atoms with Crippen molar-refractivity contribution in [3.05, 3.63) is 0 Å². The Kier molecular flexibility index (Phi) is 16.5. The maximum Gasteiger partial charge on any atom is 0.0434 e. The molecule has 3 nitrogen and oxygen atoms in total. The molecule has 0 aromatic rings. The SMILES string of the molecule is Cl.OCCCP(CCCO)CCCO. The molecule has 0 aliphatic carbocycles. The summed E-state index contributed by atoms with van der Waals surface area (Å²) in [6, 6.07) is 0. The second kappa shape index (κ2) is 13.6. The zero-order valence-electron chi connectivity index (χ0n) is 8.56. The Morgan fingerprint density at radius 3 is 1.14 bits per heavy atom. The topological polar surface area (TPSA) is 60.7 Å². The first-order chi connectivity index (χ1) is 6.35. The number of hydrogen-bond donors (Lipinski definition) is 3. The normalized spacial score (nSPS) is 10.3. The Hall–Kier alpha value is 0.600. The third kappa shape index (κ3) is 10.7. The molecule has 0 unspecified atom stereocenters. The molecule has 0 heterocycles. The predicted octanol–water partition coefficient (Wildman–Crippen LogP) is 1.04. The predicted molar refractivity (Wildman–Crippen MR) is 63.9 cm³/mol. The van der Waals surface area contributed by atoms with E-state index >= 15 is 0 Å². The minimum atomic E-state index is -0.0583. The molecule has 0 saturated heterocycles. The lowest BCUT2D eigenvalue weighted by Crippen LogP contribution is -2.00. The zero-order chi connectivity index (χ0) is 9.94. The number of aliphatic hydroxyl groups is 3. The maximum atomic E-state index is 8.68. The minimum absolute atomic E-state index is 0. The highest BCUT2D eigenvalue weighted by molar-refractivity contribution is 7.57. The largest absolute Gasteiger partial charge is 0.396 e. The van der Waals surface area contributed by atoms with E-state index in [1.807, 2.05) is 0 Å². The summed E-state index contributed by atoms with van der Waals surface area (Å²) in [4.78, 5) is 0. The highest BCUT2D eigenvalue weighted by Gasteiger charge is 2.06. The number of rotatable bonds is 9. The van der Waals surface area contributed by atoms with Crippen LogP contribution < -0.4 is 0 Å². The quantitative estimate of drug-likeness (QED) is 0.531. The zero-order valence-corrected chi connectivity index (χ0v) is 10.3. The van der Waals surface area contributed by atoms with E-state index in [0.717, 1.165) is 37.7 Å². The van der Waals surface area contributed by atoms with Crippen LogP contribution in [-0.2, 0) is 0 Å². The van der Waals surface area contributed by atoms with E-state index < -0.39 is 0 Å². The molecule has 0 aliphatic rings. The van der Waals surface area contributed by atoms with Gasteiger partial charge >= 0.3 is 0 Å². The molecule has 3 N–H and O–H groups in total. The van der Waals surface area contributed by atoms with Crippen LogP contribution in [0.4, 0.5) is 0 Å². The van der Waals surface area contributed by atoms with E-state index in [9.17, 15) is 0 Å². The lowest BCUT2D eigenvalue weighted by Gasteiger charge is -2.15. The van der Waals surface area contributed by atoms with E-state index in [-0.39, 0.29) is 40.1 Å². The number of halogens is 1. The summed E-state index contributed by atoms with van der Waals surface area (Å²) in [6.07, 6.45) is 5.82. The molecule has 0 atom stereocenters. The van der Waals surface area contributed by atoms with Crippen molar-refractivity contribution in [1.82, 2.24) is 0 Å². The van der Waals surface area contributed by atoms with Gasteiger partial charge in [0.05, 0.1) is 0 Å². The molecule has 0 aliphatic heterocycles. The molecule has 88 valence electrons. The lowest BCUT2D eigenvalue weighted by molar-refractivity contribution is 0.292. The van der Waals surface area contributed by atoms with Crippen molar-refractivity contribution < 1.29 is 15.3 Å². The molecular formula is C9H22ClO3P. The van der Waals surface area contributed by atoms with Crippen molar-refractivity contribution >= 4 is 20.3 Å². The Bertz CT molecular complexity index is 87.0. The van der Waals surface area contributed by atoms with Gasteiger partial charge in [-0.05, 0) is 37.7 Å².